The molecule has 2 aromatic rings. The van der Waals surface area contributed by atoms with Crippen LogP contribution in [0.25, 0.3) is 11.0 Å². The van der Waals surface area contributed by atoms with Crippen LogP contribution >= 0.6 is 34.8 Å². The van der Waals surface area contributed by atoms with E-state index in [1.807, 2.05) is 0 Å². The van der Waals surface area contributed by atoms with Crippen LogP contribution in [0.1, 0.15) is 5.56 Å². The molecule has 0 aliphatic carbocycles. The van der Waals surface area contributed by atoms with Crippen molar-refractivity contribution in [2.24, 2.45) is 0 Å². The molecule has 0 saturated carbocycles. The van der Waals surface area contributed by atoms with Crippen molar-refractivity contribution < 1.29 is 13.2 Å². The Labute approximate surface area is 108 Å². The smallest absolute Gasteiger partial charge is 0.231 e. The van der Waals surface area contributed by atoms with E-state index in [4.69, 9.17) is 34.8 Å². The summed E-state index contributed by atoms with van der Waals surface area (Å²) >= 11 is 16.9. The van der Waals surface area contributed by atoms with Crippen molar-refractivity contribution in [1.29, 1.82) is 0 Å². The minimum absolute atomic E-state index is 0.0563. The molecular formula is C9H2Cl3F3N2. The first-order valence-corrected chi connectivity index (χ1v) is 5.32. The SMILES string of the molecule is FC(F)(F)c1cc(Cl)c2nc(Cl)c(Cl)nc2c1. The molecule has 0 amide bonds. The van der Waals surface area contributed by atoms with E-state index >= 15 is 0 Å². The van der Waals surface area contributed by atoms with Crippen LogP contribution in [0.4, 0.5) is 13.2 Å². The summed E-state index contributed by atoms with van der Waals surface area (Å²) in [5.41, 5.74) is -0.893. The zero-order valence-corrected chi connectivity index (χ0v) is 10.1. The van der Waals surface area contributed by atoms with Crippen LogP contribution in [0.3, 0.4) is 0 Å². The van der Waals surface area contributed by atoms with E-state index in [1.54, 1.807) is 0 Å². The molecule has 0 fully saturated rings. The summed E-state index contributed by atoms with van der Waals surface area (Å²) in [6, 6.07) is 1.58. The quantitative estimate of drug-likeness (QED) is 0.710. The third-order valence-corrected chi connectivity index (χ3v) is 2.88. The van der Waals surface area contributed by atoms with Crippen LogP contribution in [0, 0.1) is 0 Å². The minimum Gasteiger partial charge on any atom is -0.231 e. The number of nitrogens with zero attached hydrogens (tertiary/aromatic N) is 2. The van der Waals surface area contributed by atoms with Crippen LogP contribution in [0.2, 0.25) is 15.3 Å². The van der Waals surface area contributed by atoms with Gasteiger partial charge < -0.3 is 0 Å². The zero-order valence-electron chi connectivity index (χ0n) is 7.82. The Morgan fingerprint density at radius 2 is 1.53 bits per heavy atom. The lowest BCUT2D eigenvalue weighted by Gasteiger charge is -2.09. The number of aromatic nitrogens is 2. The van der Waals surface area contributed by atoms with E-state index in [0.717, 1.165) is 12.1 Å². The Morgan fingerprint density at radius 3 is 2.12 bits per heavy atom. The maximum atomic E-state index is 12.5. The van der Waals surface area contributed by atoms with Gasteiger partial charge in [-0.25, -0.2) is 9.97 Å². The molecule has 0 bridgehead atoms. The van der Waals surface area contributed by atoms with Gasteiger partial charge in [-0.3, -0.25) is 0 Å². The molecule has 1 aromatic carbocycles. The summed E-state index contributed by atoms with van der Waals surface area (Å²) in [5.74, 6) is 0. The van der Waals surface area contributed by atoms with Crippen molar-refractivity contribution in [2.75, 3.05) is 0 Å². The summed E-state index contributed by atoms with van der Waals surface area (Å²) in [6.07, 6.45) is -4.51. The second-order valence-electron chi connectivity index (χ2n) is 3.13. The third-order valence-electron chi connectivity index (χ3n) is 1.97. The highest BCUT2D eigenvalue weighted by Crippen LogP contribution is 2.35. The van der Waals surface area contributed by atoms with Gasteiger partial charge in [-0.05, 0) is 12.1 Å². The standard InChI is InChI=1S/C9H2Cl3F3N2/c10-4-1-3(9(13,14)15)2-5-6(4)17-8(12)7(11)16-5/h1-2H. The fraction of sp³-hybridized carbons (Fsp3) is 0.111. The molecule has 0 N–H and O–H groups in total. The zero-order chi connectivity index (χ0) is 12.8. The fourth-order valence-corrected chi connectivity index (χ4v) is 1.76. The Hall–Kier alpha value is -0.780. The van der Waals surface area contributed by atoms with Crippen LogP contribution < -0.4 is 0 Å². The number of rotatable bonds is 0. The van der Waals surface area contributed by atoms with Crippen molar-refractivity contribution in [2.45, 2.75) is 6.18 Å². The van der Waals surface area contributed by atoms with Crippen LogP contribution in [0.5, 0.6) is 0 Å². The van der Waals surface area contributed by atoms with Gasteiger partial charge in [-0.1, -0.05) is 34.8 Å². The van der Waals surface area contributed by atoms with Crippen molar-refractivity contribution in [1.82, 2.24) is 9.97 Å². The molecule has 0 aliphatic rings. The Morgan fingerprint density at radius 1 is 0.941 bits per heavy atom. The van der Waals surface area contributed by atoms with Gasteiger partial charge in [0, 0.05) is 0 Å². The molecule has 1 aromatic heterocycles. The molecule has 0 atom stereocenters. The molecule has 8 heteroatoms. The summed E-state index contributed by atoms with van der Waals surface area (Å²) < 4.78 is 37.5. The predicted octanol–water partition coefficient (Wildman–Crippen LogP) is 4.61. The van der Waals surface area contributed by atoms with E-state index in [1.165, 1.54) is 0 Å². The van der Waals surface area contributed by atoms with Gasteiger partial charge in [-0.2, -0.15) is 13.2 Å². The number of benzene rings is 1. The van der Waals surface area contributed by atoms with Gasteiger partial charge in [0.2, 0.25) is 0 Å². The van der Waals surface area contributed by atoms with E-state index in [2.05, 4.69) is 9.97 Å². The molecule has 0 spiro atoms. The molecule has 0 aliphatic heterocycles. The van der Waals surface area contributed by atoms with Gasteiger partial charge in [0.25, 0.3) is 0 Å². The van der Waals surface area contributed by atoms with Gasteiger partial charge >= 0.3 is 6.18 Å². The van der Waals surface area contributed by atoms with E-state index < -0.39 is 11.7 Å². The third kappa shape index (κ3) is 2.41. The molecule has 1 heterocycles. The minimum atomic E-state index is -4.51. The fourth-order valence-electron chi connectivity index (χ4n) is 1.24. The Kier molecular flexibility index (Phi) is 3.10. The summed E-state index contributed by atoms with van der Waals surface area (Å²) in [6.45, 7) is 0. The molecule has 90 valence electrons. The monoisotopic (exact) mass is 300 g/mol. The number of hydrogen-bond donors (Lipinski definition) is 0. The number of fused-ring (bicyclic) bond motifs is 1. The van der Waals surface area contributed by atoms with Crippen molar-refractivity contribution in [3.8, 4) is 0 Å². The lowest BCUT2D eigenvalue weighted by atomic mass is 10.2. The van der Waals surface area contributed by atoms with E-state index in [9.17, 15) is 13.2 Å². The number of hydrogen-bond acceptors (Lipinski definition) is 2. The number of alkyl halides is 3. The van der Waals surface area contributed by atoms with Crippen LogP contribution in [-0.2, 0) is 6.18 Å². The maximum absolute atomic E-state index is 12.5. The summed E-state index contributed by atoms with van der Waals surface area (Å²) in [5, 5.41) is -0.462. The first-order valence-electron chi connectivity index (χ1n) is 4.18. The van der Waals surface area contributed by atoms with Gasteiger partial charge in [0.1, 0.15) is 5.52 Å². The van der Waals surface area contributed by atoms with Gasteiger partial charge in [0.15, 0.2) is 10.3 Å². The highest BCUT2D eigenvalue weighted by molar-refractivity contribution is 6.41. The largest absolute Gasteiger partial charge is 0.416 e. The highest BCUT2D eigenvalue weighted by atomic mass is 35.5. The highest BCUT2D eigenvalue weighted by Gasteiger charge is 2.31. The van der Waals surface area contributed by atoms with Crippen molar-refractivity contribution >= 4 is 45.8 Å². The average molecular weight is 301 g/mol. The van der Waals surface area contributed by atoms with Gasteiger partial charge in [-0.15, -0.1) is 0 Å². The van der Waals surface area contributed by atoms with Crippen molar-refractivity contribution in [3.63, 3.8) is 0 Å². The Balaban J connectivity index is 2.78. The lowest BCUT2D eigenvalue weighted by Crippen LogP contribution is -2.05. The molecule has 0 saturated heterocycles. The molecule has 0 radical (unpaired) electrons. The normalized spacial score (nSPS) is 12.1. The van der Waals surface area contributed by atoms with Gasteiger partial charge in [0.05, 0.1) is 16.1 Å². The van der Waals surface area contributed by atoms with E-state index in [-0.39, 0.29) is 26.4 Å². The molecular weight excluding hydrogens is 299 g/mol. The van der Waals surface area contributed by atoms with E-state index in [0.29, 0.717) is 0 Å². The first kappa shape index (κ1) is 12.7. The predicted molar refractivity (Wildman–Crippen MR) is 59.6 cm³/mol. The maximum Gasteiger partial charge on any atom is 0.416 e. The summed E-state index contributed by atoms with van der Waals surface area (Å²) in [4.78, 5) is 7.47. The second kappa shape index (κ2) is 4.15. The summed E-state index contributed by atoms with van der Waals surface area (Å²) in [7, 11) is 0. The van der Waals surface area contributed by atoms with Crippen LogP contribution in [0.15, 0.2) is 12.1 Å². The first-order chi connectivity index (χ1) is 7.79. The molecule has 2 nitrogen and oxygen atoms in total. The van der Waals surface area contributed by atoms with Crippen LogP contribution in [-0.4, -0.2) is 9.97 Å². The average Bonchev–Trinajstić information content (AvgIpc) is 2.19. The molecule has 2 rings (SSSR count). The van der Waals surface area contributed by atoms with Crippen molar-refractivity contribution in [3.05, 3.63) is 33.0 Å². The molecule has 17 heavy (non-hydrogen) atoms. The second-order valence-corrected chi connectivity index (χ2v) is 4.25. The lowest BCUT2D eigenvalue weighted by molar-refractivity contribution is -0.137. The topological polar surface area (TPSA) is 25.8 Å². The molecule has 0 unspecified atom stereocenters. The Bertz CT molecular complexity index is 598. The number of halogens is 6.